The van der Waals surface area contributed by atoms with Gasteiger partial charge in [-0.3, -0.25) is 4.90 Å². The van der Waals surface area contributed by atoms with Gasteiger partial charge in [0.1, 0.15) is 5.75 Å². The molecule has 0 amide bonds. The third-order valence-corrected chi connectivity index (χ3v) is 5.07. The molecule has 5 heteroatoms. The van der Waals surface area contributed by atoms with Crippen LogP contribution in [-0.2, 0) is 19.5 Å². The summed E-state index contributed by atoms with van der Waals surface area (Å²) in [6.07, 6.45) is 8.05. The molecule has 0 bridgehead atoms. The van der Waals surface area contributed by atoms with E-state index in [1.807, 2.05) is 18.7 Å². The molecule has 1 fully saturated rings. The van der Waals surface area contributed by atoms with Crippen molar-refractivity contribution in [3.05, 3.63) is 48.0 Å². The number of hydrogen-bond acceptors (Lipinski definition) is 4. The van der Waals surface area contributed by atoms with Crippen LogP contribution < -0.4 is 4.74 Å². The third-order valence-electron chi connectivity index (χ3n) is 5.07. The van der Waals surface area contributed by atoms with Crippen molar-refractivity contribution >= 4 is 0 Å². The van der Waals surface area contributed by atoms with E-state index in [0.29, 0.717) is 0 Å². The molecule has 0 aliphatic carbocycles. The SMILES string of the molecule is c1cn(CCCN2CCN(Cc3ccc4c(c3)CCO4)CC2)cn1. The summed E-state index contributed by atoms with van der Waals surface area (Å²) in [6, 6.07) is 6.70. The second-order valence-corrected chi connectivity index (χ2v) is 6.81. The summed E-state index contributed by atoms with van der Waals surface area (Å²) in [4.78, 5) is 9.25. The van der Waals surface area contributed by atoms with E-state index in [2.05, 4.69) is 37.5 Å². The van der Waals surface area contributed by atoms with Crippen LogP contribution in [0.1, 0.15) is 17.5 Å². The van der Waals surface area contributed by atoms with Crippen molar-refractivity contribution in [2.45, 2.75) is 25.9 Å². The Bertz CT molecular complexity index is 647. The first-order valence-corrected chi connectivity index (χ1v) is 9.02. The Hall–Kier alpha value is -1.85. The predicted octanol–water partition coefficient (Wildman–Crippen LogP) is 2.03. The maximum Gasteiger partial charge on any atom is 0.122 e. The number of nitrogens with zero attached hydrogens (tertiary/aromatic N) is 4. The van der Waals surface area contributed by atoms with Crippen molar-refractivity contribution in [2.24, 2.45) is 0 Å². The van der Waals surface area contributed by atoms with E-state index in [0.717, 1.165) is 31.9 Å². The fourth-order valence-electron chi connectivity index (χ4n) is 3.66. The zero-order valence-corrected chi connectivity index (χ0v) is 14.2. The van der Waals surface area contributed by atoms with Crippen LogP contribution in [0.5, 0.6) is 5.75 Å². The first-order valence-electron chi connectivity index (χ1n) is 9.02. The molecule has 24 heavy (non-hydrogen) atoms. The molecular weight excluding hydrogens is 300 g/mol. The van der Waals surface area contributed by atoms with Gasteiger partial charge in [0.2, 0.25) is 0 Å². The van der Waals surface area contributed by atoms with Gasteiger partial charge in [-0.25, -0.2) is 4.98 Å². The Kier molecular flexibility index (Phi) is 4.81. The molecule has 5 nitrogen and oxygen atoms in total. The van der Waals surface area contributed by atoms with Crippen molar-refractivity contribution in [1.82, 2.24) is 19.4 Å². The lowest BCUT2D eigenvalue weighted by Gasteiger charge is -2.34. The van der Waals surface area contributed by atoms with Crippen molar-refractivity contribution in [3.8, 4) is 5.75 Å². The summed E-state index contributed by atoms with van der Waals surface area (Å²) >= 11 is 0. The summed E-state index contributed by atoms with van der Waals surface area (Å²) in [7, 11) is 0. The Balaban J connectivity index is 1.20. The minimum Gasteiger partial charge on any atom is -0.493 e. The van der Waals surface area contributed by atoms with Crippen LogP contribution >= 0.6 is 0 Å². The highest BCUT2D eigenvalue weighted by atomic mass is 16.5. The molecular formula is C19H26N4O. The van der Waals surface area contributed by atoms with Crippen molar-refractivity contribution in [2.75, 3.05) is 39.3 Å². The van der Waals surface area contributed by atoms with E-state index in [1.165, 1.54) is 50.3 Å². The number of ether oxygens (including phenoxy) is 1. The van der Waals surface area contributed by atoms with E-state index < -0.39 is 0 Å². The van der Waals surface area contributed by atoms with Crippen LogP contribution in [0.15, 0.2) is 36.9 Å². The molecule has 3 heterocycles. The van der Waals surface area contributed by atoms with E-state index in [9.17, 15) is 0 Å². The average Bonchev–Trinajstić information content (AvgIpc) is 3.27. The van der Waals surface area contributed by atoms with E-state index in [-0.39, 0.29) is 0 Å². The molecule has 2 aromatic rings. The van der Waals surface area contributed by atoms with Gasteiger partial charge in [0.15, 0.2) is 0 Å². The van der Waals surface area contributed by atoms with Crippen LogP contribution in [0.25, 0.3) is 0 Å². The Labute approximate surface area is 143 Å². The number of aryl methyl sites for hydroxylation is 1. The molecule has 0 atom stereocenters. The quantitative estimate of drug-likeness (QED) is 0.813. The van der Waals surface area contributed by atoms with Gasteiger partial charge in [-0.1, -0.05) is 12.1 Å². The maximum absolute atomic E-state index is 5.60. The van der Waals surface area contributed by atoms with Gasteiger partial charge >= 0.3 is 0 Å². The number of aromatic nitrogens is 2. The fraction of sp³-hybridized carbons (Fsp3) is 0.526. The van der Waals surface area contributed by atoms with Crippen molar-refractivity contribution in [1.29, 1.82) is 0 Å². The maximum atomic E-state index is 5.60. The Morgan fingerprint density at radius 3 is 2.75 bits per heavy atom. The molecule has 2 aliphatic heterocycles. The van der Waals surface area contributed by atoms with Crippen LogP contribution in [-0.4, -0.2) is 58.7 Å². The highest BCUT2D eigenvalue weighted by Crippen LogP contribution is 2.26. The lowest BCUT2D eigenvalue weighted by molar-refractivity contribution is 0.125. The lowest BCUT2D eigenvalue weighted by Crippen LogP contribution is -2.46. The van der Waals surface area contributed by atoms with Crippen LogP contribution in [0.4, 0.5) is 0 Å². The highest BCUT2D eigenvalue weighted by Gasteiger charge is 2.18. The third kappa shape index (κ3) is 3.79. The van der Waals surface area contributed by atoms with Gasteiger partial charge in [0.05, 0.1) is 12.9 Å². The molecule has 2 aliphatic rings. The molecule has 0 spiro atoms. The predicted molar refractivity (Wildman–Crippen MR) is 94.2 cm³/mol. The fourth-order valence-corrected chi connectivity index (χ4v) is 3.66. The summed E-state index contributed by atoms with van der Waals surface area (Å²) in [5.74, 6) is 1.08. The molecule has 4 rings (SSSR count). The summed E-state index contributed by atoms with van der Waals surface area (Å²) in [6.45, 7) is 8.85. The van der Waals surface area contributed by atoms with E-state index in [1.54, 1.807) is 0 Å². The van der Waals surface area contributed by atoms with Gasteiger partial charge in [0.25, 0.3) is 0 Å². The van der Waals surface area contributed by atoms with Crippen molar-refractivity contribution in [3.63, 3.8) is 0 Å². The normalized spacial score (nSPS) is 18.5. The minimum absolute atomic E-state index is 0.844. The van der Waals surface area contributed by atoms with Gasteiger partial charge in [-0.15, -0.1) is 0 Å². The van der Waals surface area contributed by atoms with E-state index in [4.69, 9.17) is 4.74 Å². The average molecular weight is 326 g/mol. The second-order valence-electron chi connectivity index (χ2n) is 6.81. The number of imidazole rings is 1. The zero-order chi connectivity index (χ0) is 16.2. The largest absolute Gasteiger partial charge is 0.493 e. The summed E-state index contributed by atoms with van der Waals surface area (Å²) < 4.78 is 7.76. The molecule has 0 unspecified atom stereocenters. The number of fused-ring (bicyclic) bond motifs is 1. The van der Waals surface area contributed by atoms with Crippen LogP contribution in [0.2, 0.25) is 0 Å². The lowest BCUT2D eigenvalue weighted by atomic mass is 10.1. The monoisotopic (exact) mass is 326 g/mol. The second kappa shape index (κ2) is 7.36. The minimum atomic E-state index is 0.844. The first-order chi connectivity index (χ1) is 11.9. The zero-order valence-electron chi connectivity index (χ0n) is 14.2. The molecule has 0 N–H and O–H groups in total. The van der Waals surface area contributed by atoms with Crippen LogP contribution in [0.3, 0.4) is 0 Å². The van der Waals surface area contributed by atoms with Gasteiger partial charge in [0, 0.05) is 58.1 Å². The van der Waals surface area contributed by atoms with Crippen molar-refractivity contribution < 1.29 is 4.74 Å². The first kappa shape index (κ1) is 15.7. The number of benzene rings is 1. The smallest absolute Gasteiger partial charge is 0.122 e. The molecule has 128 valence electrons. The highest BCUT2D eigenvalue weighted by molar-refractivity contribution is 5.39. The topological polar surface area (TPSA) is 33.5 Å². The standard InChI is InChI=1S/C19H26N4O/c1(7-23-8-5-20-16-23)6-21-9-11-22(12-10-21)15-17-2-3-19-18(14-17)4-13-24-19/h2-3,5,8,14,16H,1,4,6-7,9-13,15H2. The molecule has 1 aromatic carbocycles. The van der Waals surface area contributed by atoms with Crippen LogP contribution in [0, 0.1) is 0 Å². The van der Waals surface area contributed by atoms with Gasteiger partial charge < -0.3 is 14.2 Å². The van der Waals surface area contributed by atoms with Gasteiger partial charge in [-0.05, 0) is 30.2 Å². The number of hydrogen-bond donors (Lipinski definition) is 0. The number of rotatable bonds is 6. The molecule has 1 aromatic heterocycles. The Morgan fingerprint density at radius 2 is 1.92 bits per heavy atom. The van der Waals surface area contributed by atoms with E-state index >= 15 is 0 Å². The molecule has 1 saturated heterocycles. The Morgan fingerprint density at radius 1 is 1.04 bits per heavy atom. The summed E-state index contributed by atoms with van der Waals surface area (Å²) in [5, 5.41) is 0. The van der Waals surface area contributed by atoms with Gasteiger partial charge in [-0.2, -0.15) is 0 Å². The molecule has 0 radical (unpaired) electrons. The molecule has 0 saturated carbocycles. The summed E-state index contributed by atoms with van der Waals surface area (Å²) in [5.41, 5.74) is 2.80. The number of piperazine rings is 1.